The first kappa shape index (κ1) is 13.4. The predicted molar refractivity (Wildman–Crippen MR) is 72.7 cm³/mol. The minimum absolute atomic E-state index is 0.278. The third-order valence-electron chi connectivity index (χ3n) is 3.90. The van der Waals surface area contributed by atoms with Crippen molar-refractivity contribution in [3.05, 3.63) is 29.8 Å². The maximum Gasteiger partial charge on any atom is 0.115 e. The van der Waals surface area contributed by atoms with Gasteiger partial charge in [-0.1, -0.05) is 19.1 Å². The summed E-state index contributed by atoms with van der Waals surface area (Å²) in [6, 6.07) is 7.23. The van der Waals surface area contributed by atoms with Crippen molar-refractivity contribution in [2.75, 3.05) is 19.6 Å². The zero-order valence-electron chi connectivity index (χ0n) is 11.1. The zero-order valence-corrected chi connectivity index (χ0v) is 11.1. The molecular weight excluding hydrogens is 226 g/mol. The minimum Gasteiger partial charge on any atom is -0.508 e. The molecule has 1 unspecified atom stereocenters. The molecule has 0 radical (unpaired) electrons. The molecule has 0 aromatic heterocycles. The fraction of sp³-hybridized carbons (Fsp3) is 0.600. The normalized spacial score (nSPS) is 25.9. The molecule has 1 fully saturated rings. The fourth-order valence-electron chi connectivity index (χ4n) is 2.77. The quantitative estimate of drug-likeness (QED) is 0.863. The summed E-state index contributed by atoms with van der Waals surface area (Å²) in [7, 11) is 0. The number of likely N-dealkylation sites (tertiary alicyclic amines) is 1. The molecule has 1 heterocycles. The molecule has 1 aliphatic heterocycles. The maximum atomic E-state index is 10.7. The van der Waals surface area contributed by atoms with Gasteiger partial charge in [-0.2, -0.15) is 0 Å². The van der Waals surface area contributed by atoms with E-state index in [4.69, 9.17) is 0 Å². The number of phenolic OH excluding ortho intramolecular Hbond substituents is 1. The second kappa shape index (κ2) is 5.72. The van der Waals surface area contributed by atoms with Gasteiger partial charge in [0.1, 0.15) is 5.75 Å². The van der Waals surface area contributed by atoms with Crippen LogP contribution in [-0.4, -0.2) is 40.3 Å². The molecule has 2 N–H and O–H groups in total. The van der Waals surface area contributed by atoms with Crippen LogP contribution in [-0.2, 0) is 6.42 Å². The molecule has 1 aromatic carbocycles. The van der Waals surface area contributed by atoms with E-state index >= 15 is 0 Å². The van der Waals surface area contributed by atoms with Crippen molar-refractivity contribution in [1.82, 2.24) is 4.90 Å². The first-order valence-electron chi connectivity index (χ1n) is 6.84. The third-order valence-corrected chi connectivity index (χ3v) is 3.90. The van der Waals surface area contributed by atoms with Gasteiger partial charge in [0.2, 0.25) is 0 Å². The average Bonchev–Trinajstić information content (AvgIpc) is 2.51. The molecule has 0 aliphatic carbocycles. The second-order valence-electron chi connectivity index (χ2n) is 5.36. The number of phenols is 1. The second-order valence-corrected chi connectivity index (χ2v) is 5.36. The molecule has 0 amide bonds. The summed E-state index contributed by atoms with van der Waals surface area (Å²) in [6.07, 6.45) is 3.35. The number of benzene rings is 1. The Bertz CT molecular complexity index is 394. The van der Waals surface area contributed by atoms with Gasteiger partial charge in [0, 0.05) is 13.0 Å². The van der Waals surface area contributed by atoms with Crippen LogP contribution in [0.2, 0.25) is 0 Å². The van der Waals surface area contributed by atoms with E-state index < -0.39 is 5.60 Å². The summed E-state index contributed by atoms with van der Waals surface area (Å²) in [4.78, 5) is 2.39. The highest BCUT2D eigenvalue weighted by Crippen LogP contribution is 2.27. The SMILES string of the molecule is CCN1CCCC(O)(Cc2cccc(O)c2)CC1. The summed E-state index contributed by atoms with van der Waals surface area (Å²) in [5.41, 5.74) is 0.403. The van der Waals surface area contributed by atoms with Gasteiger partial charge in [0.25, 0.3) is 0 Å². The predicted octanol–water partition coefficient (Wildman–Crippen LogP) is 2.17. The molecule has 3 nitrogen and oxygen atoms in total. The molecule has 0 saturated carbocycles. The Labute approximate surface area is 109 Å². The smallest absolute Gasteiger partial charge is 0.115 e. The average molecular weight is 249 g/mol. The van der Waals surface area contributed by atoms with E-state index in [1.165, 1.54) is 0 Å². The Kier molecular flexibility index (Phi) is 4.25. The fourth-order valence-corrected chi connectivity index (χ4v) is 2.77. The van der Waals surface area contributed by atoms with Gasteiger partial charge in [-0.25, -0.2) is 0 Å². The van der Waals surface area contributed by atoms with Gasteiger partial charge in [-0.05, 0) is 50.0 Å². The van der Waals surface area contributed by atoms with Crippen LogP contribution >= 0.6 is 0 Å². The Morgan fingerprint density at radius 2 is 2.11 bits per heavy atom. The number of hydrogen-bond acceptors (Lipinski definition) is 3. The van der Waals surface area contributed by atoms with Crippen molar-refractivity contribution >= 4 is 0 Å². The van der Waals surface area contributed by atoms with Crippen molar-refractivity contribution in [1.29, 1.82) is 0 Å². The zero-order chi connectivity index (χ0) is 13.0. The lowest BCUT2D eigenvalue weighted by atomic mass is 9.88. The first-order valence-corrected chi connectivity index (χ1v) is 6.84. The number of rotatable bonds is 3. The molecule has 1 saturated heterocycles. The molecule has 1 aromatic rings. The van der Waals surface area contributed by atoms with Crippen LogP contribution < -0.4 is 0 Å². The molecule has 1 aliphatic rings. The van der Waals surface area contributed by atoms with Crippen molar-refractivity contribution in [2.45, 2.75) is 38.2 Å². The highest BCUT2D eigenvalue weighted by Gasteiger charge is 2.29. The molecule has 100 valence electrons. The van der Waals surface area contributed by atoms with Crippen LogP contribution in [0.25, 0.3) is 0 Å². The topological polar surface area (TPSA) is 43.7 Å². The van der Waals surface area contributed by atoms with Gasteiger partial charge in [0.05, 0.1) is 5.60 Å². The summed E-state index contributed by atoms with van der Waals surface area (Å²) in [6.45, 7) is 5.27. The standard InChI is InChI=1S/C15H23NO2/c1-2-16-9-4-7-15(18,8-10-16)12-13-5-3-6-14(17)11-13/h3,5-6,11,17-18H,2,4,7-10,12H2,1H3. The number of aliphatic hydroxyl groups is 1. The van der Waals surface area contributed by atoms with Crippen LogP contribution in [0.3, 0.4) is 0 Å². The van der Waals surface area contributed by atoms with Crippen molar-refractivity contribution in [2.24, 2.45) is 0 Å². The van der Waals surface area contributed by atoms with Crippen LogP contribution in [0.5, 0.6) is 5.75 Å². The molecular formula is C15H23NO2. The number of hydrogen-bond donors (Lipinski definition) is 2. The summed E-state index contributed by atoms with van der Waals surface area (Å²) >= 11 is 0. The Balaban J connectivity index is 2.02. The van der Waals surface area contributed by atoms with Crippen molar-refractivity contribution in [3.8, 4) is 5.75 Å². The highest BCUT2D eigenvalue weighted by atomic mass is 16.3. The maximum absolute atomic E-state index is 10.7. The highest BCUT2D eigenvalue weighted by molar-refractivity contribution is 5.28. The monoisotopic (exact) mass is 249 g/mol. The van der Waals surface area contributed by atoms with E-state index in [1.807, 2.05) is 12.1 Å². The first-order chi connectivity index (χ1) is 8.61. The lowest BCUT2D eigenvalue weighted by Gasteiger charge is -2.27. The van der Waals surface area contributed by atoms with Crippen molar-refractivity contribution in [3.63, 3.8) is 0 Å². The Morgan fingerprint density at radius 1 is 1.28 bits per heavy atom. The number of nitrogens with zero attached hydrogens (tertiary/aromatic N) is 1. The van der Waals surface area contributed by atoms with Crippen molar-refractivity contribution < 1.29 is 10.2 Å². The molecule has 18 heavy (non-hydrogen) atoms. The van der Waals surface area contributed by atoms with Crippen LogP contribution in [0, 0.1) is 0 Å². The van der Waals surface area contributed by atoms with Crippen LogP contribution in [0.1, 0.15) is 31.7 Å². The Hall–Kier alpha value is -1.06. The van der Waals surface area contributed by atoms with E-state index in [2.05, 4.69) is 11.8 Å². The van der Waals surface area contributed by atoms with Gasteiger partial charge >= 0.3 is 0 Å². The van der Waals surface area contributed by atoms with E-state index in [0.29, 0.717) is 6.42 Å². The summed E-state index contributed by atoms with van der Waals surface area (Å²) in [5, 5.41) is 20.2. The molecule has 0 spiro atoms. The van der Waals surface area contributed by atoms with Gasteiger partial charge < -0.3 is 15.1 Å². The van der Waals surface area contributed by atoms with Crippen LogP contribution in [0.15, 0.2) is 24.3 Å². The molecule has 1 atom stereocenters. The Morgan fingerprint density at radius 3 is 2.83 bits per heavy atom. The largest absolute Gasteiger partial charge is 0.508 e. The summed E-state index contributed by atoms with van der Waals surface area (Å²) in [5.74, 6) is 0.278. The lowest BCUT2D eigenvalue weighted by Crippen LogP contribution is -2.33. The molecule has 2 rings (SSSR count). The van der Waals surface area contributed by atoms with Gasteiger partial charge in [-0.15, -0.1) is 0 Å². The molecule has 3 heteroatoms. The summed E-state index contributed by atoms with van der Waals surface area (Å²) < 4.78 is 0. The van der Waals surface area contributed by atoms with Gasteiger partial charge in [0.15, 0.2) is 0 Å². The lowest BCUT2D eigenvalue weighted by molar-refractivity contribution is 0.0258. The number of aromatic hydroxyl groups is 1. The van der Waals surface area contributed by atoms with Crippen LogP contribution in [0.4, 0.5) is 0 Å². The van der Waals surface area contributed by atoms with E-state index in [9.17, 15) is 10.2 Å². The third kappa shape index (κ3) is 3.47. The van der Waals surface area contributed by atoms with E-state index in [0.717, 1.165) is 44.5 Å². The van der Waals surface area contributed by atoms with Gasteiger partial charge in [-0.3, -0.25) is 0 Å². The molecule has 0 bridgehead atoms. The van der Waals surface area contributed by atoms with E-state index in [-0.39, 0.29) is 5.75 Å². The van der Waals surface area contributed by atoms with E-state index in [1.54, 1.807) is 12.1 Å². The minimum atomic E-state index is -0.613.